The van der Waals surface area contributed by atoms with Gasteiger partial charge in [-0.05, 0) is 24.7 Å². The predicted molar refractivity (Wildman–Crippen MR) is 60.0 cm³/mol. The third kappa shape index (κ3) is 5.45. The van der Waals surface area contributed by atoms with Crippen molar-refractivity contribution in [3.8, 4) is 0 Å². The summed E-state index contributed by atoms with van der Waals surface area (Å²) < 4.78 is 0. The van der Waals surface area contributed by atoms with Gasteiger partial charge in [0.25, 0.3) is 0 Å². The van der Waals surface area contributed by atoms with Gasteiger partial charge >= 0.3 is 0 Å². The SMILES string of the molecule is CB/C=C(\C)C(C)CC(C)(C)C. The second-order valence-corrected chi connectivity index (χ2v) is 5.02. The van der Waals surface area contributed by atoms with Crippen LogP contribution in [0.4, 0.5) is 0 Å². The molecule has 0 amide bonds. The van der Waals surface area contributed by atoms with Gasteiger partial charge in [-0.2, -0.15) is 0 Å². The van der Waals surface area contributed by atoms with Crippen LogP contribution >= 0.6 is 0 Å². The molecule has 0 N–H and O–H groups in total. The van der Waals surface area contributed by atoms with Crippen LogP contribution in [0.3, 0.4) is 0 Å². The molecule has 0 aliphatic heterocycles. The van der Waals surface area contributed by atoms with Gasteiger partial charge in [-0.3, -0.25) is 0 Å². The second kappa shape index (κ2) is 4.74. The van der Waals surface area contributed by atoms with Gasteiger partial charge in [0.15, 0.2) is 0 Å². The Morgan fingerprint density at radius 1 is 1.42 bits per heavy atom. The smallest absolute Gasteiger partial charge is 0.120 e. The van der Waals surface area contributed by atoms with Crippen LogP contribution in [0.2, 0.25) is 6.82 Å². The number of rotatable bonds is 3. The Labute approximate surface area is 78.7 Å². The van der Waals surface area contributed by atoms with Crippen LogP contribution in [-0.4, -0.2) is 7.28 Å². The monoisotopic (exact) mass is 166 g/mol. The van der Waals surface area contributed by atoms with Crippen molar-refractivity contribution >= 4 is 7.28 Å². The van der Waals surface area contributed by atoms with Crippen LogP contribution in [0.1, 0.15) is 41.0 Å². The Hall–Kier alpha value is -0.195. The first-order valence-electron chi connectivity index (χ1n) is 5.03. The van der Waals surface area contributed by atoms with Crippen molar-refractivity contribution in [1.29, 1.82) is 0 Å². The van der Waals surface area contributed by atoms with Crippen molar-refractivity contribution in [1.82, 2.24) is 0 Å². The van der Waals surface area contributed by atoms with Crippen LogP contribution in [-0.2, 0) is 0 Å². The minimum Gasteiger partial charge on any atom is -0.120 e. The van der Waals surface area contributed by atoms with E-state index < -0.39 is 0 Å². The predicted octanol–water partition coefficient (Wildman–Crippen LogP) is 3.45. The summed E-state index contributed by atoms with van der Waals surface area (Å²) in [7, 11) is 1.17. The molecule has 0 saturated carbocycles. The summed E-state index contributed by atoms with van der Waals surface area (Å²) in [4.78, 5) is 0. The fraction of sp³-hybridized carbons (Fsp3) is 0.818. The third-order valence-electron chi connectivity index (χ3n) is 2.22. The van der Waals surface area contributed by atoms with Crippen LogP contribution < -0.4 is 0 Å². The molecule has 0 bridgehead atoms. The molecule has 0 fully saturated rings. The minimum atomic E-state index is 0.461. The molecule has 0 rings (SSSR count). The molecule has 0 aromatic carbocycles. The molecule has 0 radical (unpaired) electrons. The zero-order chi connectivity index (χ0) is 9.78. The topological polar surface area (TPSA) is 0 Å². The fourth-order valence-electron chi connectivity index (χ4n) is 1.60. The van der Waals surface area contributed by atoms with E-state index in [1.807, 2.05) is 0 Å². The normalized spacial score (nSPS) is 16.0. The van der Waals surface area contributed by atoms with Crippen LogP contribution in [0.15, 0.2) is 11.5 Å². The van der Waals surface area contributed by atoms with Gasteiger partial charge in [-0.15, -0.1) is 5.98 Å². The average molecular weight is 166 g/mol. The second-order valence-electron chi connectivity index (χ2n) is 5.02. The Morgan fingerprint density at radius 2 is 1.92 bits per heavy atom. The highest BCUT2D eigenvalue weighted by molar-refractivity contribution is 6.40. The van der Waals surface area contributed by atoms with E-state index in [1.165, 1.54) is 13.7 Å². The van der Waals surface area contributed by atoms with Gasteiger partial charge in [-0.25, -0.2) is 0 Å². The van der Waals surface area contributed by atoms with Crippen molar-refractivity contribution in [2.75, 3.05) is 0 Å². The van der Waals surface area contributed by atoms with Crippen molar-refractivity contribution in [2.45, 2.75) is 47.9 Å². The Morgan fingerprint density at radius 3 is 2.25 bits per heavy atom. The van der Waals surface area contributed by atoms with Gasteiger partial charge in [0.1, 0.15) is 7.28 Å². The van der Waals surface area contributed by atoms with Gasteiger partial charge in [-0.1, -0.05) is 40.1 Å². The molecule has 1 unspecified atom stereocenters. The Kier molecular flexibility index (Phi) is 4.66. The molecule has 1 atom stereocenters. The van der Waals surface area contributed by atoms with Gasteiger partial charge in [0.2, 0.25) is 0 Å². The molecule has 0 spiro atoms. The van der Waals surface area contributed by atoms with E-state index >= 15 is 0 Å². The summed E-state index contributed by atoms with van der Waals surface area (Å²) in [6.07, 6.45) is 1.29. The van der Waals surface area contributed by atoms with E-state index in [0.29, 0.717) is 5.41 Å². The van der Waals surface area contributed by atoms with E-state index in [2.05, 4.69) is 47.4 Å². The summed E-state index contributed by atoms with van der Waals surface area (Å²) >= 11 is 0. The molecule has 0 saturated heterocycles. The lowest BCUT2D eigenvalue weighted by atomic mass is 9.75. The third-order valence-corrected chi connectivity index (χ3v) is 2.22. The molecule has 0 aromatic heterocycles. The Balaban J connectivity index is 4.04. The highest BCUT2D eigenvalue weighted by Gasteiger charge is 2.15. The van der Waals surface area contributed by atoms with Crippen molar-refractivity contribution < 1.29 is 0 Å². The van der Waals surface area contributed by atoms with Crippen molar-refractivity contribution in [3.05, 3.63) is 11.5 Å². The summed E-state index contributed by atoms with van der Waals surface area (Å²) in [6, 6.07) is 0. The zero-order valence-electron chi connectivity index (χ0n) is 9.57. The first-order valence-corrected chi connectivity index (χ1v) is 5.03. The molecule has 0 heterocycles. The van der Waals surface area contributed by atoms with E-state index in [-0.39, 0.29) is 0 Å². The van der Waals surface area contributed by atoms with Gasteiger partial charge in [0.05, 0.1) is 0 Å². The number of hydrogen-bond acceptors (Lipinski definition) is 0. The number of hydrogen-bond donors (Lipinski definition) is 0. The first-order chi connectivity index (χ1) is 5.37. The molecule has 0 aromatic rings. The van der Waals surface area contributed by atoms with E-state index in [4.69, 9.17) is 0 Å². The highest BCUT2D eigenvalue weighted by atomic mass is 14.2. The summed E-state index contributed by atoms with van der Waals surface area (Å²) in [5.41, 5.74) is 2.01. The van der Waals surface area contributed by atoms with Gasteiger partial charge in [0, 0.05) is 0 Å². The van der Waals surface area contributed by atoms with Crippen LogP contribution in [0, 0.1) is 11.3 Å². The summed E-state index contributed by atoms with van der Waals surface area (Å²) in [6.45, 7) is 13.7. The summed E-state index contributed by atoms with van der Waals surface area (Å²) in [5, 5.41) is 0. The lowest BCUT2D eigenvalue weighted by Crippen LogP contribution is -2.12. The lowest BCUT2D eigenvalue weighted by Gasteiger charge is -2.23. The van der Waals surface area contributed by atoms with E-state index in [9.17, 15) is 0 Å². The molecule has 0 aliphatic rings. The van der Waals surface area contributed by atoms with E-state index in [0.717, 1.165) is 5.92 Å². The molecule has 70 valence electrons. The number of allylic oxidation sites excluding steroid dienone is 1. The van der Waals surface area contributed by atoms with E-state index in [1.54, 1.807) is 5.57 Å². The molecule has 1 heteroatoms. The van der Waals surface area contributed by atoms with Gasteiger partial charge < -0.3 is 0 Å². The maximum absolute atomic E-state index is 2.34. The van der Waals surface area contributed by atoms with Crippen LogP contribution in [0.25, 0.3) is 0 Å². The lowest BCUT2D eigenvalue weighted by molar-refractivity contribution is 0.329. The zero-order valence-corrected chi connectivity index (χ0v) is 9.57. The maximum Gasteiger partial charge on any atom is 0.144 e. The quantitative estimate of drug-likeness (QED) is 0.563. The maximum atomic E-state index is 2.34. The Bertz CT molecular complexity index is 151. The average Bonchev–Trinajstić information content (AvgIpc) is 1.84. The molecular weight excluding hydrogens is 143 g/mol. The first kappa shape index (κ1) is 11.8. The van der Waals surface area contributed by atoms with Crippen LogP contribution in [0.5, 0.6) is 0 Å². The molecule has 0 aliphatic carbocycles. The van der Waals surface area contributed by atoms with Crippen molar-refractivity contribution in [2.24, 2.45) is 11.3 Å². The molecule has 12 heavy (non-hydrogen) atoms. The fourth-order valence-corrected chi connectivity index (χ4v) is 1.60. The summed E-state index contributed by atoms with van der Waals surface area (Å²) in [5.74, 6) is 3.08. The largest absolute Gasteiger partial charge is 0.144 e. The molecule has 0 nitrogen and oxygen atoms in total. The van der Waals surface area contributed by atoms with Crippen molar-refractivity contribution in [3.63, 3.8) is 0 Å². The minimum absolute atomic E-state index is 0.461. The standard InChI is InChI=1S/C11H23B/c1-9(7-11(3,4)5)10(2)8-12-6/h8-9,12H,7H2,1-6H3/b10-8+. The highest BCUT2D eigenvalue weighted by Crippen LogP contribution is 2.27. The molecular formula is C11H23B.